The summed E-state index contributed by atoms with van der Waals surface area (Å²) in [6.07, 6.45) is 6.90. The van der Waals surface area contributed by atoms with E-state index in [1.54, 1.807) is 0 Å². The molecule has 120 valence electrons. The minimum atomic E-state index is 0.578. The molecule has 0 aromatic carbocycles. The van der Waals surface area contributed by atoms with Crippen molar-refractivity contribution >= 4 is 17.3 Å². The van der Waals surface area contributed by atoms with Gasteiger partial charge in [-0.15, -0.1) is 0 Å². The maximum absolute atomic E-state index is 4.80. The first-order valence-corrected chi connectivity index (χ1v) is 8.72. The molecule has 0 amide bonds. The lowest BCUT2D eigenvalue weighted by Crippen LogP contribution is -2.26. The molecule has 2 fully saturated rings. The number of rotatable bonds is 4. The van der Waals surface area contributed by atoms with Gasteiger partial charge < -0.3 is 10.6 Å². The number of hydrogen-bond acceptors (Lipinski definition) is 5. The van der Waals surface area contributed by atoms with E-state index in [-0.39, 0.29) is 0 Å². The number of anilines is 3. The van der Waals surface area contributed by atoms with Gasteiger partial charge in [0.05, 0.1) is 6.20 Å². The number of nitrogens with zero attached hydrogens (tertiary/aromatic N) is 4. The van der Waals surface area contributed by atoms with E-state index in [1.807, 2.05) is 10.9 Å². The Labute approximate surface area is 135 Å². The molecule has 1 aliphatic heterocycles. The van der Waals surface area contributed by atoms with Crippen LogP contribution in [-0.2, 0) is 6.54 Å². The van der Waals surface area contributed by atoms with Crippen molar-refractivity contribution in [2.24, 2.45) is 5.92 Å². The number of aromatic nitrogens is 4. The first-order valence-electron chi connectivity index (χ1n) is 8.72. The van der Waals surface area contributed by atoms with E-state index in [0.717, 1.165) is 36.2 Å². The Kier molecular flexibility index (Phi) is 2.87. The van der Waals surface area contributed by atoms with Gasteiger partial charge in [0.1, 0.15) is 23.1 Å². The van der Waals surface area contributed by atoms with Crippen LogP contribution in [0.25, 0.3) is 0 Å². The van der Waals surface area contributed by atoms with Crippen LogP contribution in [0.2, 0.25) is 0 Å². The number of fused-ring (bicyclic) bond motifs is 1. The molecule has 2 aromatic rings. The van der Waals surface area contributed by atoms with Gasteiger partial charge in [-0.1, -0.05) is 6.92 Å². The minimum absolute atomic E-state index is 0.578. The molecule has 2 aliphatic carbocycles. The van der Waals surface area contributed by atoms with Crippen LogP contribution in [0.1, 0.15) is 56.0 Å². The summed E-state index contributed by atoms with van der Waals surface area (Å²) in [5.74, 6) is 4.85. The van der Waals surface area contributed by atoms with Crippen LogP contribution in [0.5, 0.6) is 0 Å². The highest BCUT2D eigenvalue weighted by Crippen LogP contribution is 2.43. The standard InChI is InChI=1S/C17H22N6/c1-10-7-18-17-14(8-19-23(17)9-10)20-15-6-13(11-2-3-11)21-16(22-15)12-4-5-12/h6,8,10-12,18H,2-5,7,9H2,1H3,(H,20,21,22). The van der Waals surface area contributed by atoms with E-state index >= 15 is 0 Å². The molecule has 2 aromatic heterocycles. The number of hydrogen-bond donors (Lipinski definition) is 2. The van der Waals surface area contributed by atoms with Crippen molar-refractivity contribution in [2.75, 3.05) is 17.2 Å². The first kappa shape index (κ1) is 13.3. The minimum Gasteiger partial charge on any atom is -0.368 e. The molecular formula is C17H22N6. The lowest BCUT2D eigenvalue weighted by molar-refractivity contribution is 0.445. The van der Waals surface area contributed by atoms with Crippen molar-refractivity contribution in [1.82, 2.24) is 19.7 Å². The summed E-state index contributed by atoms with van der Waals surface area (Å²) in [7, 11) is 0. The van der Waals surface area contributed by atoms with E-state index in [2.05, 4.69) is 28.7 Å². The summed E-state index contributed by atoms with van der Waals surface area (Å²) in [5, 5.41) is 11.4. The largest absolute Gasteiger partial charge is 0.368 e. The lowest BCUT2D eigenvalue weighted by Gasteiger charge is -2.22. The van der Waals surface area contributed by atoms with Crippen LogP contribution in [0.3, 0.4) is 0 Å². The predicted octanol–water partition coefficient (Wildman–Crippen LogP) is 3.23. The van der Waals surface area contributed by atoms with Crippen LogP contribution >= 0.6 is 0 Å². The normalized spacial score (nSPS) is 23.3. The third kappa shape index (κ3) is 2.56. The molecule has 0 radical (unpaired) electrons. The van der Waals surface area contributed by atoms with Gasteiger partial charge in [0.25, 0.3) is 0 Å². The van der Waals surface area contributed by atoms with Crippen molar-refractivity contribution < 1.29 is 0 Å². The van der Waals surface area contributed by atoms with E-state index < -0.39 is 0 Å². The summed E-state index contributed by atoms with van der Waals surface area (Å²) in [5.41, 5.74) is 2.23. The van der Waals surface area contributed by atoms with Gasteiger partial charge in [0.2, 0.25) is 0 Å². The van der Waals surface area contributed by atoms with E-state index in [4.69, 9.17) is 9.97 Å². The maximum atomic E-state index is 4.80. The predicted molar refractivity (Wildman–Crippen MR) is 89.1 cm³/mol. The summed E-state index contributed by atoms with van der Waals surface area (Å²) in [4.78, 5) is 9.55. The zero-order valence-electron chi connectivity index (χ0n) is 13.4. The maximum Gasteiger partial charge on any atom is 0.148 e. The second kappa shape index (κ2) is 4.94. The highest BCUT2D eigenvalue weighted by molar-refractivity contribution is 5.70. The molecule has 1 atom stereocenters. The Hall–Kier alpha value is -2.11. The van der Waals surface area contributed by atoms with Gasteiger partial charge in [-0.2, -0.15) is 5.10 Å². The Morgan fingerprint density at radius 2 is 2.00 bits per heavy atom. The molecule has 1 unspecified atom stereocenters. The molecule has 0 bridgehead atoms. The van der Waals surface area contributed by atoms with E-state index in [1.165, 1.54) is 31.4 Å². The second-order valence-electron chi connectivity index (χ2n) is 7.28. The van der Waals surface area contributed by atoms with Crippen molar-refractivity contribution in [3.05, 3.63) is 23.8 Å². The quantitative estimate of drug-likeness (QED) is 0.907. The molecule has 3 heterocycles. The monoisotopic (exact) mass is 310 g/mol. The fraction of sp³-hybridized carbons (Fsp3) is 0.588. The SMILES string of the molecule is CC1CNc2c(Nc3cc(C4CC4)nc(C4CC4)n3)cnn2C1. The molecular weight excluding hydrogens is 288 g/mol. The van der Waals surface area contributed by atoms with Crippen molar-refractivity contribution in [3.63, 3.8) is 0 Å². The van der Waals surface area contributed by atoms with Crippen LogP contribution in [-0.4, -0.2) is 26.3 Å². The van der Waals surface area contributed by atoms with Crippen LogP contribution in [0.4, 0.5) is 17.3 Å². The smallest absolute Gasteiger partial charge is 0.148 e. The van der Waals surface area contributed by atoms with Gasteiger partial charge in [0.15, 0.2) is 0 Å². The van der Waals surface area contributed by atoms with Gasteiger partial charge >= 0.3 is 0 Å². The summed E-state index contributed by atoms with van der Waals surface area (Å²) in [6.45, 7) is 4.19. The molecule has 0 spiro atoms. The number of nitrogens with one attached hydrogen (secondary N) is 2. The van der Waals surface area contributed by atoms with Gasteiger partial charge in [-0.3, -0.25) is 0 Å². The van der Waals surface area contributed by atoms with E-state index in [0.29, 0.717) is 17.8 Å². The van der Waals surface area contributed by atoms with E-state index in [9.17, 15) is 0 Å². The van der Waals surface area contributed by atoms with Crippen molar-refractivity contribution in [2.45, 2.75) is 51.0 Å². The molecule has 6 heteroatoms. The Morgan fingerprint density at radius 1 is 1.17 bits per heavy atom. The van der Waals surface area contributed by atoms with Crippen molar-refractivity contribution in [1.29, 1.82) is 0 Å². The Bertz CT molecular complexity index is 713. The van der Waals surface area contributed by atoms with Gasteiger partial charge in [0, 0.05) is 36.7 Å². The molecule has 2 N–H and O–H groups in total. The molecule has 2 saturated carbocycles. The average molecular weight is 310 g/mol. The van der Waals surface area contributed by atoms with Crippen LogP contribution in [0.15, 0.2) is 12.3 Å². The van der Waals surface area contributed by atoms with Gasteiger partial charge in [-0.05, 0) is 31.6 Å². The Balaban J connectivity index is 1.46. The first-order chi connectivity index (χ1) is 11.3. The molecule has 23 heavy (non-hydrogen) atoms. The third-order valence-corrected chi connectivity index (χ3v) is 4.91. The summed E-state index contributed by atoms with van der Waals surface area (Å²) < 4.78 is 2.04. The zero-order chi connectivity index (χ0) is 15.4. The molecule has 0 saturated heterocycles. The fourth-order valence-corrected chi connectivity index (χ4v) is 3.23. The third-order valence-electron chi connectivity index (χ3n) is 4.91. The summed E-state index contributed by atoms with van der Waals surface area (Å²) in [6, 6.07) is 2.12. The fourth-order valence-electron chi connectivity index (χ4n) is 3.23. The molecule has 6 nitrogen and oxygen atoms in total. The second-order valence-corrected chi connectivity index (χ2v) is 7.28. The van der Waals surface area contributed by atoms with Gasteiger partial charge in [-0.25, -0.2) is 14.6 Å². The van der Waals surface area contributed by atoms with Crippen LogP contribution in [0, 0.1) is 5.92 Å². The molecule has 3 aliphatic rings. The topological polar surface area (TPSA) is 67.7 Å². The van der Waals surface area contributed by atoms with Crippen LogP contribution < -0.4 is 10.6 Å². The average Bonchev–Trinajstić information content (AvgIpc) is 3.45. The lowest BCUT2D eigenvalue weighted by atomic mass is 10.1. The zero-order valence-corrected chi connectivity index (χ0v) is 13.4. The Morgan fingerprint density at radius 3 is 2.78 bits per heavy atom. The summed E-state index contributed by atoms with van der Waals surface area (Å²) >= 11 is 0. The van der Waals surface area contributed by atoms with Crippen molar-refractivity contribution in [3.8, 4) is 0 Å². The molecule has 5 rings (SSSR count). The highest BCUT2D eigenvalue weighted by atomic mass is 15.4. The highest BCUT2D eigenvalue weighted by Gasteiger charge is 2.31.